The summed E-state index contributed by atoms with van der Waals surface area (Å²) < 4.78 is 0. The Hall–Kier alpha value is -4.80. The highest BCUT2D eigenvalue weighted by atomic mass is 35.5. The number of rotatable bonds is 7. The summed E-state index contributed by atoms with van der Waals surface area (Å²) in [7, 11) is 4.02. The molecule has 0 atom stereocenters. The van der Waals surface area contributed by atoms with Crippen LogP contribution in [0.25, 0.3) is 10.9 Å². The normalized spacial score (nSPS) is 10.2. The van der Waals surface area contributed by atoms with Gasteiger partial charge in [0.25, 0.3) is 5.91 Å². The standard InChI is InChI=1S/C28H27N9O.2ClH/c1-37(2)21-11-12-23-22(15-21)24(13-14-31-23)32-18-7-9-20(10-8-18)34-27(38)17-3-5-19(6-4-17)33-26-16-25(29)35-28(30)36-26;;/h3-16H,1-2H3,(H,31,32)(H,34,38)(H5,29,30,33,35,36);2*1H. The third-order valence-electron chi connectivity index (χ3n) is 5.85. The molecular formula is C28H29Cl2N9O. The first-order valence-electron chi connectivity index (χ1n) is 11.9. The number of nitrogens with zero attached hydrogens (tertiary/aromatic N) is 4. The van der Waals surface area contributed by atoms with Gasteiger partial charge in [0.15, 0.2) is 0 Å². The topological polar surface area (TPSA) is 147 Å². The lowest BCUT2D eigenvalue weighted by molar-refractivity contribution is 0.102. The summed E-state index contributed by atoms with van der Waals surface area (Å²) in [4.78, 5) is 27.2. The third kappa shape index (κ3) is 6.99. The lowest BCUT2D eigenvalue weighted by Crippen LogP contribution is -2.11. The molecule has 10 nitrogen and oxygen atoms in total. The van der Waals surface area contributed by atoms with E-state index in [2.05, 4.69) is 41.9 Å². The van der Waals surface area contributed by atoms with E-state index in [9.17, 15) is 4.79 Å². The van der Waals surface area contributed by atoms with Crippen molar-refractivity contribution in [1.82, 2.24) is 15.0 Å². The molecule has 3 aromatic carbocycles. The molecular weight excluding hydrogens is 549 g/mol. The van der Waals surface area contributed by atoms with Crippen molar-refractivity contribution in [1.29, 1.82) is 0 Å². The van der Waals surface area contributed by atoms with Crippen LogP contribution < -0.4 is 32.3 Å². The second-order valence-electron chi connectivity index (χ2n) is 8.85. The highest BCUT2D eigenvalue weighted by molar-refractivity contribution is 6.04. The van der Waals surface area contributed by atoms with Gasteiger partial charge in [-0.3, -0.25) is 9.78 Å². The number of nitrogens with two attached hydrogens (primary N) is 2. The first kappa shape index (κ1) is 29.8. The summed E-state index contributed by atoms with van der Waals surface area (Å²) in [6.45, 7) is 0. The summed E-state index contributed by atoms with van der Waals surface area (Å²) in [5.74, 6) is 0.602. The summed E-state index contributed by atoms with van der Waals surface area (Å²) in [5.41, 5.74) is 17.1. The van der Waals surface area contributed by atoms with E-state index in [0.29, 0.717) is 17.1 Å². The molecule has 1 amide bonds. The van der Waals surface area contributed by atoms with Gasteiger partial charge in [0.1, 0.15) is 11.6 Å². The van der Waals surface area contributed by atoms with Gasteiger partial charge in [0, 0.05) is 65.7 Å². The fourth-order valence-electron chi connectivity index (χ4n) is 3.92. The maximum Gasteiger partial charge on any atom is 0.255 e. The van der Waals surface area contributed by atoms with E-state index in [4.69, 9.17) is 11.5 Å². The molecule has 0 bridgehead atoms. The molecule has 5 rings (SSSR count). The Morgan fingerprint density at radius 2 is 1.43 bits per heavy atom. The Morgan fingerprint density at radius 1 is 0.775 bits per heavy atom. The number of nitrogens with one attached hydrogen (secondary N) is 3. The number of carbonyl (C=O) groups is 1. The lowest BCUT2D eigenvalue weighted by atomic mass is 10.1. The highest BCUT2D eigenvalue weighted by Crippen LogP contribution is 2.29. The van der Waals surface area contributed by atoms with E-state index in [0.717, 1.165) is 33.7 Å². The van der Waals surface area contributed by atoms with Gasteiger partial charge in [0.05, 0.1) is 5.52 Å². The number of amides is 1. The molecule has 0 spiro atoms. The number of hydrogen-bond donors (Lipinski definition) is 5. The van der Waals surface area contributed by atoms with Crippen molar-refractivity contribution < 1.29 is 4.79 Å². The number of nitrogen functional groups attached to an aromatic ring is 2. The van der Waals surface area contributed by atoms with Crippen molar-refractivity contribution in [3.63, 3.8) is 0 Å². The molecule has 0 unspecified atom stereocenters. The minimum Gasteiger partial charge on any atom is -0.383 e. The van der Waals surface area contributed by atoms with Crippen LogP contribution in [0.5, 0.6) is 0 Å². The van der Waals surface area contributed by atoms with E-state index < -0.39 is 0 Å². The second-order valence-corrected chi connectivity index (χ2v) is 8.85. The number of anilines is 8. The van der Waals surface area contributed by atoms with Gasteiger partial charge in [-0.1, -0.05) is 0 Å². The Balaban J connectivity index is 0.00000220. The van der Waals surface area contributed by atoms with Crippen LogP contribution in [-0.2, 0) is 0 Å². The first-order chi connectivity index (χ1) is 18.3. The van der Waals surface area contributed by atoms with Gasteiger partial charge in [0.2, 0.25) is 5.95 Å². The van der Waals surface area contributed by atoms with Crippen LogP contribution in [0.4, 0.5) is 46.0 Å². The van der Waals surface area contributed by atoms with Crippen LogP contribution in [0.2, 0.25) is 0 Å². The molecule has 7 N–H and O–H groups in total. The minimum absolute atomic E-state index is 0. The molecule has 206 valence electrons. The Bertz CT molecular complexity index is 1590. The molecule has 0 aliphatic carbocycles. The van der Waals surface area contributed by atoms with Crippen LogP contribution >= 0.6 is 24.8 Å². The van der Waals surface area contributed by atoms with Crippen molar-refractivity contribution in [2.75, 3.05) is 46.4 Å². The van der Waals surface area contributed by atoms with Gasteiger partial charge in [-0.15, -0.1) is 24.8 Å². The predicted octanol–water partition coefficient (Wildman–Crippen LogP) is 5.84. The van der Waals surface area contributed by atoms with Crippen LogP contribution in [0.3, 0.4) is 0 Å². The zero-order valence-electron chi connectivity index (χ0n) is 21.8. The molecule has 5 aromatic rings. The summed E-state index contributed by atoms with van der Waals surface area (Å²) >= 11 is 0. The third-order valence-corrected chi connectivity index (χ3v) is 5.85. The van der Waals surface area contributed by atoms with Crippen molar-refractivity contribution >= 4 is 87.6 Å². The van der Waals surface area contributed by atoms with E-state index in [1.54, 1.807) is 36.5 Å². The van der Waals surface area contributed by atoms with E-state index in [1.165, 1.54) is 0 Å². The molecule has 2 aromatic heterocycles. The zero-order chi connectivity index (χ0) is 26.6. The molecule has 2 heterocycles. The largest absolute Gasteiger partial charge is 0.383 e. The van der Waals surface area contributed by atoms with Gasteiger partial charge < -0.3 is 32.3 Å². The SMILES string of the molecule is CN(C)c1ccc2nccc(Nc3ccc(NC(=O)c4ccc(Nc5cc(N)nc(N)n5)cc4)cc3)c2c1.Cl.Cl. The van der Waals surface area contributed by atoms with Crippen LogP contribution in [0.1, 0.15) is 10.4 Å². The number of fused-ring (bicyclic) bond motifs is 1. The van der Waals surface area contributed by atoms with Crippen molar-refractivity contribution in [2.24, 2.45) is 0 Å². The minimum atomic E-state index is -0.218. The zero-order valence-corrected chi connectivity index (χ0v) is 23.4. The van der Waals surface area contributed by atoms with Gasteiger partial charge in [-0.2, -0.15) is 9.97 Å². The van der Waals surface area contributed by atoms with Gasteiger partial charge >= 0.3 is 0 Å². The highest BCUT2D eigenvalue weighted by Gasteiger charge is 2.09. The molecule has 0 aliphatic rings. The molecule has 0 aliphatic heterocycles. The number of benzene rings is 3. The first-order valence-corrected chi connectivity index (χ1v) is 11.9. The number of halogens is 2. The predicted molar refractivity (Wildman–Crippen MR) is 169 cm³/mol. The number of hydrogen-bond acceptors (Lipinski definition) is 9. The summed E-state index contributed by atoms with van der Waals surface area (Å²) in [6, 6.07) is 24.2. The van der Waals surface area contributed by atoms with Gasteiger partial charge in [-0.25, -0.2) is 0 Å². The van der Waals surface area contributed by atoms with Gasteiger partial charge in [-0.05, 0) is 72.8 Å². The number of carbonyl (C=O) groups excluding carboxylic acids is 1. The van der Waals surface area contributed by atoms with Crippen molar-refractivity contribution in [3.05, 3.63) is 90.6 Å². The second kappa shape index (κ2) is 12.8. The summed E-state index contributed by atoms with van der Waals surface area (Å²) in [5, 5.41) is 10.5. The van der Waals surface area contributed by atoms with Crippen molar-refractivity contribution in [3.8, 4) is 0 Å². The van der Waals surface area contributed by atoms with Crippen molar-refractivity contribution in [2.45, 2.75) is 0 Å². The maximum atomic E-state index is 12.8. The van der Waals surface area contributed by atoms with Crippen LogP contribution in [0.15, 0.2) is 85.1 Å². The van der Waals surface area contributed by atoms with Crippen LogP contribution in [0, 0.1) is 0 Å². The van der Waals surface area contributed by atoms with E-state index >= 15 is 0 Å². The lowest BCUT2D eigenvalue weighted by Gasteiger charge is -2.15. The fraction of sp³-hybridized carbons (Fsp3) is 0.0714. The quantitative estimate of drug-likeness (QED) is 0.161. The molecule has 40 heavy (non-hydrogen) atoms. The Kier molecular flexibility index (Phi) is 9.54. The molecule has 0 saturated carbocycles. The number of aromatic nitrogens is 3. The monoisotopic (exact) mass is 577 g/mol. The molecule has 0 saturated heterocycles. The van der Waals surface area contributed by atoms with Crippen LogP contribution in [-0.4, -0.2) is 35.0 Å². The number of pyridine rings is 1. The van der Waals surface area contributed by atoms with E-state index in [-0.39, 0.29) is 42.5 Å². The molecule has 0 radical (unpaired) electrons. The molecule has 0 fully saturated rings. The molecule has 12 heteroatoms. The average Bonchev–Trinajstić information content (AvgIpc) is 2.89. The van der Waals surface area contributed by atoms with E-state index in [1.807, 2.05) is 56.6 Å². The average molecular weight is 579 g/mol. The maximum absolute atomic E-state index is 12.8. The Labute approximate surface area is 244 Å². The fourth-order valence-corrected chi connectivity index (χ4v) is 3.92. The summed E-state index contributed by atoms with van der Waals surface area (Å²) in [6.07, 6.45) is 1.79. The Morgan fingerprint density at radius 3 is 2.10 bits per heavy atom. The smallest absolute Gasteiger partial charge is 0.255 e.